The van der Waals surface area contributed by atoms with E-state index in [1.165, 1.54) is 6.07 Å². The molecule has 0 bridgehead atoms. The normalized spacial score (nSPS) is 27.2. The summed E-state index contributed by atoms with van der Waals surface area (Å²) in [5.41, 5.74) is 0.958. The highest BCUT2D eigenvalue weighted by Gasteiger charge is 2.31. The summed E-state index contributed by atoms with van der Waals surface area (Å²) in [6.07, 6.45) is -1.56. The van der Waals surface area contributed by atoms with Gasteiger partial charge in [0.25, 0.3) is 0 Å². The molecule has 64 valence electrons. The summed E-state index contributed by atoms with van der Waals surface area (Å²) in [5, 5.41) is 18.6. The molecule has 0 unspecified atom stereocenters. The summed E-state index contributed by atoms with van der Waals surface area (Å²) >= 11 is 0. The summed E-state index contributed by atoms with van der Waals surface area (Å²) in [6.45, 7) is 0. The topological polar surface area (TPSA) is 40.5 Å². The third kappa shape index (κ3) is 0.940. The van der Waals surface area contributed by atoms with Crippen molar-refractivity contribution in [2.45, 2.75) is 18.6 Å². The Kier molecular flexibility index (Phi) is 1.63. The summed E-state index contributed by atoms with van der Waals surface area (Å²) in [4.78, 5) is 0. The van der Waals surface area contributed by atoms with Gasteiger partial charge >= 0.3 is 0 Å². The number of hydrogen-bond donors (Lipinski definition) is 2. The lowest BCUT2D eigenvalue weighted by molar-refractivity contribution is 0.0309. The van der Waals surface area contributed by atoms with Crippen LogP contribution in [-0.2, 0) is 6.42 Å². The van der Waals surface area contributed by atoms with Crippen molar-refractivity contribution >= 4 is 0 Å². The van der Waals surface area contributed by atoms with Gasteiger partial charge in [0.1, 0.15) is 11.9 Å². The fourth-order valence-corrected chi connectivity index (χ4v) is 1.62. The molecule has 2 rings (SSSR count). The molecule has 2 atom stereocenters. The van der Waals surface area contributed by atoms with Gasteiger partial charge in [-0.25, -0.2) is 4.39 Å². The molecule has 0 aliphatic heterocycles. The SMILES string of the molecule is O[C@@H]1Cc2cccc(F)c2[C@@H]1O. The monoisotopic (exact) mass is 168 g/mol. The van der Waals surface area contributed by atoms with Crippen LogP contribution in [0, 0.1) is 5.82 Å². The smallest absolute Gasteiger partial charge is 0.129 e. The van der Waals surface area contributed by atoms with Gasteiger partial charge in [0.2, 0.25) is 0 Å². The van der Waals surface area contributed by atoms with Crippen LogP contribution in [0.15, 0.2) is 18.2 Å². The summed E-state index contributed by atoms with van der Waals surface area (Å²) in [7, 11) is 0. The number of rotatable bonds is 0. The molecular weight excluding hydrogens is 159 g/mol. The third-order valence-corrected chi connectivity index (χ3v) is 2.23. The highest BCUT2D eigenvalue weighted by molar-refractivity contribution is 5.36. The number of aliphatic hydroxyl groups is 2. The Balaban J connectivity index is 2.55. The van der Waals surface area contributed by atoms with Gasteiger partial charge in [-0.3, -0.25) is 0 Å². The first-order valence-electron chi connectivity index (χ1n) is 3.83. The Morgan fingerprint density at radius 1 is 1.33 bits per heavy atom. The highest BCUT2D eigenvalue weighted by Crippen LogP contribution is 2.32. The number of halogens is 1. The van der Waals surface area contributed by atoms with Crippen LogP contribution in [0.4, 0.5) is 4.39 Å². The zero-order valence-corrected chi connectivity index (χ0v) is 6.37. The third-order valence-electron chi connectivity index (χ3n) is 2.23. The standard InChI is InChI=1S/C9H9FO2/c10-6-3-1-2-5-4-7(11)9(12)8(5)6/h1-3,7,9,11-12H,4H2/t7-,9-/m1/s1. The fourth-order valence-electron chi connectivity index (χ4n) is 1.62. The first-order valence-corrected chi connectivity index (χ1v) is 3.83. The van der Waals surface area contributed by atoms with Crippen molar-refractivity contribution in [3.8, 4) is 0 Å². The molecule has 0 saturated heterocycles. The first kappa shape index (κ1) is 7.71. The van der Waals surface area contributed by atoms with E-state index in [0.29, 0.717) is 12.0 Å². The molecule has 0 saturated carbocycles. The van der Waals surface area contributed by atoms with E-state index in [1.807, 2.05) is 0 Å². The van der Waals surface area contributed by atoms with Gasteiger partial charge in [-0.1, -0.05) is 12.1 Å². The molecule has 0 fully saturated rings. The van der Waals surface area contributed by atoms with Gasteiger partial charge < -0.3 is 10.2 Å². The molecule has 3 heteroatoms. The van der Waals surface area contributed by atoms with Crippen molar-refractivity contribution in [1.29, 1.82) is 0 Å². The van der Waals surface area contributed by atoms with Crippen LogP contribution < -0.4 is 0 Å². The van der Waals surface area contributed by atoms with Crippen molar-refractivity contribution in [3.05, 3.63) is 35.1 Å². The van der Waals surface area contributed by atoms with Crippen LogP contribution >= 0.6 is 0 Å². The minimum Gasteiger partial charge on any atom is -0.390 e. The second-order valence-electron chi connectivity index (χ2n) is 3.03. The number of hydrogen-bond acceptors (Lipinski definition) is 2. The predicted octanol–water partition coefficient (Wildman–Crippen LogP) is 0.776. The van der Waals surface area contributed by atoms with E-state index in [0.717, 1.165) is 0 Å². The molecular formula is C9H9FO2. The molecule has 1 aromatic carbocycles. The van der Waals surface area contributed by atoms with Crippen LogP contribution in [0.3, 0.4) is 0 Å². The van der Waals surface area contributed by atoms with E-state index >= 15 is 0 Å². The summed E-state index contributed by atoms with van der Waals surface area (Å²) in [5.74, 6) is -0.434. The van der Waals surface area contributed by atoms with Crippen molar-refractivity contribution in [3.63, 3.8) is 0 Å². The number of fused-ring (bicyclic) bond motifs is 1. The van der Waals surface area contributed by atoms with Gasteiger partial charge in [0, 0.05) is 12.0 Å². The lowest BCUT2D eigenvalue weighted by Gasteiger charge is -2.07. The number of benzene rings is 1. The van der Waals surface area contributed by atoms with Crippen molar-refractivity contribution in [1.82, 2.24) is 0 Å². The number of aliphatic hydroxyl groups excluding tert-OH is 2. The van der Waals surface area contributed by atoms with Crippen molar-refractivity contribution < 1.29 is 14.6 Å². The predicted molar refractivity (Wildman–Crippen MR) is 41.1 cm³/mol. The molecule has 1 aliphatic rings. The highest BCUT2D eigenvalue weighted by atomic mass is 19.1. The quantitative estimate of drug-likeness (QED) is 0.601. The van der Waals surface area contributed by atoms with Gasteiger partial charge in [0.15, 0.2) is 0 Å². The Hall–Kier alpha value is -0.930. The van der Waals surface area contributed by atoms with E-state index in [1.54, 1.807) is 12.1 Å². The van der Waals surface area contributed by atoms with Gasteiger partial charge in [-0.15, -0.1) is 0 Å². The molecule has 0 amide bonds. The van der Waals surface area contributed by atoms with Gasteiger partial charge in [0.05, 0.1) is 6.10 Å². The Labute approximate surface area is 69.3 Å². The molecule has 0 heterocycles. The van der Waals surface area contributed by atoms with Gasteiger partial charge in [-0.05, 0) is 11.6 Å². The zero-order chi connectivity index (χ0) is 8.72. The van der Waals surface area contributed by atoms with E-state index in [9.17, 15) is 14.6 Å². The second kappa shape index (κ2) is 2.54. The molecule has 2 N–H and O–H groups in total. The van der Waals surface area contributed by atoms with E-state index in [-0.39, 0.29) is 5.56 Å². The minimum absolute atomic E-state index is 0.255. The lowest BCUT2D eigenvalue weighted by atomic mass is 10.1. The molecule has 1 aromatic rings. The summed E-state index contributed by atoms with van der Waals surface area (Å²) in [6, 6.07) is 4.59. The Bertz CT molecular complexity index is 311. The van der Waals surface area contributed by atoms with Crippen LogP contribution in [0.25, 0.3) is 0 Å². The average Bonchev–Trinajstić information content (AvgIpc) is 2.29. The van der Waals surface area contributed by atoms with Gasteiger partial charge in [-0.2, -0.15) is 0 Å². The maximum atomic E-state index is 13.0. The van der Waals surface area contributed by atoms with Crippen molar-refractivity contribution in [2.24, 2.45) is 0 Å². The molecule has 0 aromatic heterocycles. The first-order chi connectivity index (χ1) is 5.70. The van der Waals surface area contributed by atoms with Crippen LogP contribution in [-0.4, -0.2) is 16.3 Å². The van der Waals surface area contributed by atoms with E-state index < -0.39 is 18.0 Å². The van der Waals surface area contributed by atoms with E-state index in [4.69, 9.17) is 0 Å². The molecule has 0 spiro atoms. The molecule has 0 radical (unpaired) electrons. The lowest BCUT2D eigenvalue weighted by Crippen LogP contribution is -2.12. The zero-order valence-electron chi connectivity index (χ0n) is 6.37. The molecule has 1 aliphatic carbocycles. The largest absolute Gasteiger partial charge is 0.390 e. The minimum atomic E-state index is -1.05. The Morgan fingerprint density at radius 2 is 2.08 bits per heavy atom. The van der Waals surface area contributed by atoms with E-state index in [2.05, 4.69) is 0 Å². The van der Waals surface area contributed by atoms with Crippen LogP contribution in [0.2, 0.25) is 0 Å². The molecule has 12 heavy (non-hydrogen) atoms. The summed E-state index contributed by atoms with van der Waals surface area (Å²) < 4.78 is 13.0. The van der Waals surface area contributed by atoms with Crippen molar-refractivity contribution in [2.75, 3.05) is 0 Å². The average molecular weight is 168 g/mol. The Morgan fingerprint density at radius 3 is 2.75 bits per heavy atom. The maximum absolute atomic E-state index is 13.0. The molecule has 2 nitrogen and oxygen atoms in total. The maximum Gasteiger partial charge on any atom is 0.129 e. The second-order valence-corrected chi connectivity index (χ2v) is 3.03. The van der Waals surface area contributed by atoms with Crippen LogP contribution in [0.1, 0.15) is 17.2 Å². The fraction of sp³-hybridized carbons (Fsp3) is 0.333. The van der Waals surface area contributed by atoms with Crippen LogP contribution in [0.5, 0.6) is 0 Å².